The fraction of sp³-hybridized carbons (Fsp3) is 0.0667. The number of furan rings is 1. The van der Waals surface area contributed by atoms with E-state index in [2.05, 4.69) is 34.6 Å². The number of aryl methyl sites for hydroxylation is 1. The van der Waals surface area contributed by atoms with E-state index < -0.39 is 0 Å². The van der Waals surface area contributed by atoms with Gasteiger partial charge in [-0.1, -0.05) is 30.3 Å². The zero-order valence-corrected chi connectivity index (χ0v) is 11.7. The van der Waals surface area contributed by atoms with E-state index in [4.69, 9.17) is 4.42 Å². The molecular weight excluding hydrogens is 270 g/mol. The Labute approximate surface area is 120 Å². The summed E-state index contributed by atoms with van der Waals surface area (Å²) in [6.07, 6.45) is 3.24. The predicted octanol–water partition coefficient (Wildman–Crippen LogP) is 4.16. The number of benzene rings is 1. The summed E-state index contributed by atoms with van der Waals surface area (Å²) in [4.78, 5) is 5.72. The molecule has 2 aromatic heterocycles. The van der Waals surface area contributed by atoms with Crippen LogP contribution in [0.15, 0.2) is 58.2 Å². The smallest absolute Gasteiger partial charge is 0.204 e. The van der Waals surface area contributed by atoms with Crippen molar-refractivity contribution in [1.82, 2.24) is 4.98 Å². The molecule has 0 aliphatic rings. The summed E-state index contributed by atoms with van der Waals surface area (Å²) >= 11 is 1.58. The second-order valence-corrected chi connectivity index (χ2v) is 5.38. The SMILES string of the molecule is Cc1sc(NN=Cc2ccco2)nc1-c1ccccc1. The third-order valence-electron chi connectivity index (χ3n) is 2.74. The number of thiazole rings is 1. The van der Waals surface area contributed by atoms with Crippen LogP contribution in [0.2, 0.25) is 0 Å². The largest absolute Gasteiger partial charge is 0.463 e. The van der Waals surface area contributed by atoms with Gasteiger partial charge in [0.2, 0.25) is 5.13 Å². The summed E-state index contributed by atoms with van der Waals surface area (Å²) in [5.74, 6) is 0.703. The summed E-state index contributed by atoms with van der Waals surface area (Å²) < 4.78 is 5.16. The zero-order valence-electron chi connectivity index (χ0n) is 10.9. The Balaban J connectivity index is 1.76. The lowest BCUT2D eigenvalue weighted by Crippen LogP contribution is -1.89. The number of aromatic nitrogens is 1. The van der Waals surface area contributed by atoms with Crippen molar-refractivity contribution in [2.45, 2.75) is 6.92 Å². The first-order valence-corrected chi connectivity index (χ1v) is 7.00. The minimum atomic E-state index is 0.703. The number of hydrazone groups is 1. The first kappa shape index (κ1) is 12.6. The molecule has 3 rings (SSSR count). The lowest BCUT2D eigenvalue weighted by atomic mass is 10.1. The second kappa shape index (κ2) is 5.71. The third kappa shape index (κ3) is 2.78. The Kier molecular flexibility index (Phi) is 3.60. The average molecular weight is 283 g/mol. The number of nitrogens with zero attached hydrogens (tertiary/aromatic N) is 2. The van der Waals surface area contributed by atoms with E-state index in [1.54, 1.807) is 23.8 Å². The molecule has 1 N–H and O–H groups in total. The highest BCUT2D eigenvalue weighted by molar-refractivity contribution is 7.15. The lowest BCUT2D eigenvalue weighted by molar-refractivity contribution is 0.560. The van der Waals surface area contributed by atoms with Gasteiger partial charge >= 0.3 is 0 Å². The predicted molar refractivity (Wildman–Crippen MR) is 82.2 cm³/mol. The topological polar surface area (TPSA) is 50.4 Å². The molecule has 5 heteroatoms. The van der Waals surface area contributed by atoms with Gasteiger partial charge in [0.15, 0.2) is 0 Å². The maximum atomic E-state index is 5.16. The first-order valence-electron chi connectivity index (χ1n) is 6.18. The molecule has 0 fully saturated rings. The van der Waals surface area contributed by atoms with Crippen LogP contribution < -0.4 is 5.43 Å². The number of rotatable bonds is 4. The molecule has 0 atom stereocenters. The molecule has 20 heavy (non-hydrogen) atoms. The fourth-order valence-electron chi connectivity index (χ4n) is 1.82. The fourth-order valence-corrected chi connectivity index (χ4v) is 2.61. The van der Waals surface area contributed by atoms with E-state index in [0.29, 0.717) is 5.76 Å². The monoisotopic (exact) mass is 283 g/mol. The molecule has 3 aromatic rings. The Morgan fingerprint density at radius 2 is 2.05 bits per heavy atom. The molecule has 4 nitrogen and oxygen atoms in total. The van der Waals surface area contributed by atoms with Gasteiger partial charge in [0.1, 0.15) is 5.76 Å². The van der Waals surface area contributed by atoms with Gasteiger partial charge in [-0.05, 0) is 19.1 Å². The van der Waals surface area contributed by atoms with Crippen LogP contribution in [0.4, 0.5) is 5.13 Å². The highest BCUT2D eigenvalue weighted by Crippen LogP contribution is 2.30. The molecular formula is C15H13N3OS. The van der Waals surface area contributed by atoms with E-state index >= 15 is 0 Å². The van der Waals surface area contributed by atoms with Crippen molar-refractivity contribution in [1.29, 1.82) is 0 Å². The standard InChI is InChI=1S/C15H13N3OS/c1-11-14(12-6-3-2-4-7-12)17-15(20-11)18-16-10-13-8-5-9-19-13/h2-10H,1H3,(H,17,18). The molecule has 0 saturated carbocycles. The van der Waals surface area contributed by atoms with Crippen LogP contribution in [0.3, 0.4) is 0 Å². The van der Waals surface area contributed by atoms with Gasteiger partial charge in [-0.2, -0.15) is 5.10 Å². The molecule has 0 spiro atoms. The van der Waals surface area contributed by atoms with Crippen molar-refractivity contribution in [3.63, 3.8) is 0 Å². The Bertz CT molecular complexity index is 702. The molecule has 0 aliphatic carbocycles. The number of nitrogens with one attached hydrogen (secondary N) is 1. The molecule has 1 aromatic carbocycles. The van der Waals surface area contributed by atoms with Crippen LogP contribution in [-0.4, -0.2) is 11.2 Å². The van der Waals surface area contributed by atoms with E-state index in [0.717, 1.165) is 21.3 Å². The number of hydrogen-bond acceptors (Lipinski definition) is 5. The molecule has 0 aliphatic heterocycles. The van der Waals surface area contributed by atoms with Crippen molar-refractivity contribution in [2.75, 3.05) is 5.43 Å². The maximum Gasteiger partial charge on any atom is 0.204 e. The van der Waals surface area contributed by atoms with Crippen LogP contribution in [0.5, 0.6) is 0 Å². The lowest BCUT2D eigenvalue weighted by Gasteiger charge is -1.96. The summed E-state index contributed by atoms with van der Waals surface area (Å²) in [5, 5.41) is 4.88. The van der Waals surface area contributed by atoms with Crippen LogP contribution in [0.1, 0.15) is 10.6 Å². The molecule has 0 bridgehead atoms. The molecule has 2 heterocycles. The van der Waals surface area contributed by atoms with E-state index in [9.17, 15) is 0 Å². The molecule has 100 valence electrons. The van der Waals surface area contributed by atoms with Crippen LogP contribution >= 0.6 is 11.3 Å². The van der Waals surface area contributed by atoms with Gasteiger partial charge in [0, 0.05) is 10.4 Å². The van der Waals surface area contributed by atoms with Crippen molar-refractivity contribution >= 4 is 22.7 Å². The average Bonchev–Trinajstić information content (AvgIpc) is 3.10. The summed E-state index contributed by atoms with van der Waals surface area (Å²) in [7, 11) is 0. The van der Waals surface area contributed by atoms with Crippen LogP contribution in [-0.2, 0) is 0 Å². The normalized spacial score (nSPS) is 11.1. The quantitative estimate of drug-likeness (QED) is 0.578. The number of anilines is 1. The van der Waals surface area contributed by atoms with Crippen molar-refractivity contribution in [3.8, 4) is 11.3 Å². The molecule has 0 radical (unpaired) electrons. The summed E-state index contributed by atoms with van der Waals surface area (Å²) in [6, 6.07) is 13.8. The van der Waals surface area contributed by atoms with E-state index in [1.165, 1.54) is 0 Å². The van der Waals surface area contributed by atoms with Crippen molar-refractivity contribution in [2.24, 2.45) is 5.10 Å². The Morgan fingerprint density at radius 3 is 2.80 bits per heavy atom. The van der Waals surface area contributed by atoms with Gasteiger partial charge in [0.25, 0.3) is 0 Å². The highest BCUT2D eigenvalue weighted by Gasteiger charge is 2.08. The third-order valence-corrected chi connectivity index (χ3v) is 3.61. The molecule has 0 saturated heterocycles. The maximum absolute atomic E-state index is 5.16. The van der Waals surface area contributed by atoms with Gasteiger partial charge in [-0.15, -0.1) is 11.3 Å². The Morgan fingerprint density at radius 1 is 1.20 bits per heavy atom. The van der Waals surface area contributed by atoms with Gasteiger partial charge < -0.3 is 4.42 Å². The van der Waals surface area contributed by atoms with Crippen LogP contribution in [0.25, 0.3) is 11.3 Å². The highest BCUT2D eigenvalue weighted by atomic mass is 32.1. The Hall–Kier alpha value is -2.40. The van der Waals surface area contributed by atoms with E-state index in [-0.39, 0.29) is 0 Å². The van der Waals surface area contributed by atoms with Gasteiger partial charge in [-0.3, -0.25) is 5.43 Å². The molecule has 0 amide bonds. The van der Waals surface area contributed by atoms with Crippen molar-refractivity contribution in [3.05, 3.63) is 59.4 Å². The van der Waals surface area contributed by atoms with Gasteiger partial charge in [-0.25, -0.2) is 4.98 Å². The van der Waals surface area contributed by atoms with Gasteiger partial charge in [0.05, 0.1) is 18.2 Å². The minimum Gasteiger partial charge on any atom is -0.463 e. The van der Waals surface area contributed by atoms with Crippen molar-refractivity contribution < 1.29 is 4.42 Å². The first-order chi connectivity index (χ1) is 9.83. The summed E-state index contributed by atoms with van der Waals surface area (Å²) in [6.45, 7) is 2.06. The second-order valence-electron chi connectivity index (χ2n) is 4.18. The minimum absolute atomic E-state index is 0.703. The number of hydrogen-bond donors (Lipinski definition) is 1. The van der Waals surface area contributed by atoms with E-state index in [1.807, 2.05) is 30.3 Å². The zero-order chi connectivity index (χ0) is 13.8. The van der Waals surface area contributed by atoms with Crippen LogP contribution in [0, 0.1) is 6.92 Å². The molecule has 0 unspecified atom stereocenters. The summed E-state index contributed by atoms with van der Waals surface area (Å²) in [5.41, 5.74) is 5.04.